The summed E-state index contributed by atoms with van der Waals surface area (Å²) in [5, 5.41) is 8.56. The normalized spacial score (nSPS) is 9.92. The van der Waals surface area contributed by atoms with Crippen molar-refractivity contribution < 1.29 is 0 Å². The standard InChI is InChI=1S/C8H8N4S/c1-12(8-11-10-6-13-8)7-4-2-3-5-9-7/h2-6H,1H3. The third kappa shape index (κ3) is 1.65. The predicted octanol–water partition coefficient (Wildman–Crippen LogP) is 1.70. The number of pyridine rings is 1. The van der Waals surface area contributed by atoms with Gasteiger partial charge in [-0.05, 0) is 12.1 Å². The van der Waals surface area contributed by atoms with Gasteiger partial charge in [0.1, 0.15) is 11.3 Å². The van der Waals surface area contributed by atoms with Gasteiger partial charge in [0, 0.05) is 13.2 Å². The molecule has 0 radical (unpaired) electrons. The third-order valence-corrected chi connectivity index (χ3v) is 2.39. The third-order valence-electron chi connectivity index (χ3n) is 1.63. The van der Waals surface area contributed by atoms with E-state index in [2.05, 4.69) is 15.2 Å². The van der Waals surface area contributed by atoms with Crippen molar-refractivity contribution in [2.24, 2.45) is 0 Å². The smallest absolute Gasteiger partial charge is 0.213 e. The van der Waals surface area contributed by atoms with Crippen molar-refractivity contribution in [3.8, 4) is 0 Å². The molecule has 0 aliphatic carbocycles. The molecular weight excluding hydrogens is 184 g/mol. The Morgan fingerprint density at radius 3 is 2.92 bits per heavy atom. The summed E-state index contributed by atoms with van der Waals surface area (Å²) in [5.74, 6) is 0.874. The topological polar surface area (TPSA) is 41.9 Å². The average Bonchev–Trinajstić information content (AvgIpc) is 2.71. The van der Waals surface area contributed by atoms with Gasteiger partial charge >= 0.3 is 0 Å². The zero-order valence-electron chi connectivity index (χ0n) is 7.08. The number of rotatable bonds is 2. The van der Waals surface area contributed by atoms with Gasteiger partial charge in [0.15, 0.2) is 0 Å². The van der Waals surface area contributed by atoms with Gasteiger partial charge in [0.25, 0.3) is 0 Å². The maximum atomic E-state index is 4.20. The van der Waals surface area contributed by atoms with E-state index in [1.54, 1.807) is 11.7 Å². The summed E-state index contributed by atoms with van der Waals surface area (Å²) in [5.41, 5.74) is 1.70. The second-order valence-corrected chi connectivity index (χ2v) is 3.28. The first-order chi connectivity index (χ1) is 6.38. The van der Waals surface area contributed by atoms with Crippen LogP contribution < -0.4 is 4.90 Å². The maximum absolute atomic E-state index is 4.20. The van der Waals surface area contributed by atoms with Crippen LogP contribution in [0.25, 0.3) is 0 Å². The Bertz CT molecular complexity index is 359. The average molecular weight is 192 g/mol. The van der Waals surface area contributed by atoms with Crippen LogP contribution in [-0.4, -0.2) is 22.2 Å². The fourth-order valence-electron chi connectivity index (χ4n) is 0.964. The van der Waals surface area contributed by atoms with E-state index in [4.69, 9.17) is 0 Å². The summed E-state index contributed by atoms with van der Waals surface area (Å²) in [6, 6.07) is 5.76. The molecule has 0 amide bonds. The van der Waals surface area contributed by atoms with Crippen LogP contribution in [0, 0.1) is 0 Å². The van der Waals surface area contributed by atoms with Gasteiger partial charge in [0.2, 0.25) is 5.13 Å². The highest BCUT2D eigenvalue weighted by Crippen LogP contribution is 2.21. The molecule has 66 valence electrons. The van der Waals surface area contributed by atoms with Crippen molar-refractivity contribution in [3.05, 3.63) is 29.9 Å². The fourth-order valence-corrected chi connectivity index (χ4v) is 1.50. The number of hydrogen-bond acceptors (Lipinski definition) is 5. The first-order valence-electron chi connectivity index (χ1n) is 3.79. The van der Waals surface area contributed by atoms with Crippen molar-refractivity contribution in [2.45, 2.75) is 0 Å². The van der Waals surface area contributed by atoms with E-state index in [1.165, 1.54) is 11.3 Å². The van der Waals surface area contributed by atoms with Gasteiger partial charge in [-0.15, -0.1) is 10.2 Å². The Morgan fingerprint density at radius 1 is 1.38 bits per heavy atom. The van der Waals surface area contributed by atoms with Crippen molar-refractivity contribution in [2.75, 3.05) is 11.9 Å². The molecule has 2 aromatic heterocycles. The molecule has 0 spiro atoms. The largest absolute Gasteiger partial charge is 0.304 e. The van der Waals surface area contributed by atoms with E-state index >= 15 is 0 Å². The summed E-state index contributed by atoms with van der Waals surface area (Å²) in [7, 11) is 1.92. The second kappa shape index (κ2) is 3.49. The molecule has 0 aromatic carbocycles. The number of nitrogens with zero attached hydrogens (tertiary/aromatic N) is 4. The van der Waals surface area contributed by atoms with Crippen LogP contribution in [-0.2, 0) is 0 Å². The molecule has 5 heteroatoms. The summed E-state index contributed by atoms with van der Waals surface area (Å²) in [6.07, 6.45) is 1.76. The molecule has 0 unspecified atom stereocenters. The highest BCUT2D eigenvalue weighted by atomic mass is 32.1. The van der Waals surface area contributed by atoms with Crippen molar-refractivity contribution in [1.29, 1.82) is 0 Å². The molecule has 0 saturated heterocycles. The highest BCUT2D eigenvalue weighted by molar-refractivity contribution is 7.13. The Hall–Kier alpha value is -1.49. The van der Waals surface area contributed by atoms with E-state index < -0.39 is 0 Å². The fraction of sp³-hybridized carbons (Fsp3) is 0.125. The van der Waals surface area contributed by atoms with E-state index in [-0.39, 0.29) is 0 Å². The molecule has 4 nitrogen and oxygen atoms in total. The first kappa shape index (κ1) is 8.12. The summed E-state index contributed by atoms with van der Waals surface area (Å²) < 4.78 is 0. The second-order valence-electron chi connectivity index (χ2n) is 2.47. The van der Waals surface area contributed by atoms with Crippen LogP contribution in [0.1, 0.15) is 0 Å². The summed E-state index contributed by atoms with van der Waals surface area (Å²) in [4.78, 5) is 6.10. The minimum absolute atomic E-state index is 0.846. The molecule has 13 heavy (non-hydrogen) atoms. The van der Waals surface area contributed by atoms with Gasteiger partial charge in [-0.3, -0.25) is 0 Å². The van der Waals surface area contributed by atoms with Gasteiger partial charge in [-0.25, -0.2) is 4.98 Å². The van der Waals surface area contributed by atoms with Gasteiger partial charge in [0.05, 0.1) is 0 Å². The Morgan fingerprint density at radius 2 is 2.31 bits per heavy atom. The maximum Gasteiger partial charge on any atom is 0.213 e. The first-order valence-corrected chi connectivity index (χ1v) is 4.67. The lowest BCUT2D eigenvalue weighted by atomic mass is 10.4. The van der Waals surface area contributed by atoms with Crippen LogP contribution in [0.3, 0.4) is 0 Å². The number of hydrogen-bond donors (Lipinski definition) is 0. The number of aromatic nitrogens is 3. The SMILES string of the molecule is CN(c1ccccn1)c1nncs1. The van der Waals surface area contributed by atoms with E-state index in [0.717, 1.165) is 10.9 Å². The van der Waals surface area contributed by atoms with Gasteiger partial charge in [-0.1, -0.05) is 17.4 Å². The lowest BCUT2D eigenvalue weighted by Crippen LogP contribution is -2.10. The Balaban J connectivity index is 2.29. The zero-order chi connectivity index (χ0) is 9.10. The van der Waals surface area contributed by atoms with Crippen molar-refractivity contribution >= 4 is 22.3 Å². The zero-order valence-corrected chi connectivity index (χ0v) is 7.90. The Kier molecular flexibility index (Phi) is 2.18. The molecule has 0 fully saturated rings. The minimum Gasteiger partial charge on any atom is -0.304 e. The molecule has 0 saturated carbocycles. The van der Waals surface area contributed by atoms with E-state index in [0.29, 0.717) is 0 Å². The lowest BCUT2D eigenvalue weighted by Gasteiger charge is -2.12. The van der Waals surface area contributed by atoms with E-state index in [1.807, 2.05) is 30.1 Å². The lowest BCUT2D eigenvalue weighted by molar-refractivity contribution is 1.03. The van der Waals surface area contributed by atoms with Crippen molar-refractivity contribution in [3.63, 3.8) is 0 Å². The van der Waals surface area contributed by atoms with Crippen LogP contribution >= 0.6 is 11.3 Å². The number of anilines is 2. The molecule has 0 N–H and O–H groups in total. The summed E-state index contributed by atoms with van der Waals surface area (Å²) >= 11 is 1.49. The highest BCUT2D eigenvalue weighted by Gasteiger charge is 2.06. The van der Waals surface area contributed by atoms with Crippen LogP contribution in [0.2, 0.25) is 0 Å². The van der Waals surface area contributed by atoms with Crippen LogP contribution in [0.5, 0.6) is 0 Å². The molecule has 0 bridgehead atoms. The molecular formula is C8H8N4S. The molecule has 0 aliphatic heterocycles. The summed E-state index contributed by atoms with van der Waals surface area (Å²) in [6.45, 7) is 0. The Labute approximate surface area is 79.9 Å². The quantitative estimate of drug-likeness (QED) is 0.726. The van der Waals surface area contributed by atoms with Crippen molar-refractivity contribution in [1.82, 2.24) is 15.2 Å². The van der Waals surface area contributed by atoms with Crippen LogP contribution in [0.4, 0.5) is 10.9 Å². The predicted molar refractivity (Wildman–Crippen MR) is 52.2 cm³/mol. The van der Waals surface area contributed by atoms with Gasteiger partial charge < -0.3 is 4.90 Å². The molecule has 2 aromatic rings. The molecule has 0 atom stereocenters. The van der Waals surface area contributed by atoms with E-state index in [9.17, 15) is 0 Å². The molecule has 2 rings (SSSR count). The molecule has 0 aliphatic rings. The van der Waals surface area contributed by atoms with Crippen LogP contribution in [0.15, 0.2) is 29.9 Å². The minimum atomic E-state index is 0.846. The van der Waals surface area contributed by atoms with Gasteiger partial charge in [-0.2, -0.15) is 0 Å². The molecule has 2 heterocycles. The monoisotopic (exact) mass is 192 g/mol.